The van der Waals surface area contributed by atoms with Crippen LogP contribution in [0, 0.1) is 13.8 Å². The average Bonchev–Trinajstić information content (AvgIpc) is 3.01. The van der Waals surface area contributed by atoms with E-state index in [1.165, 1.54) is 6.92 Å². The SMILES string of the molecule is Cc1ccc(C)c(S(=O)(=O)NCCC(=O)O[C@@H](C)C(=O)N2CCNC2=O)c1. The van der Waals surface area contributed by atoms with E-state index in [2.05, 4.69) is 10.0 Å². The first-order valence-corrected chi connectivity index (χ1v) is 9.96. The van der Waals surface area contributed by atoms with E-state index in [9.17, 15) is 22.8 Å². The maximum atomic E-state index is 12.4. The molecule has 1 fully saturated rings. The molecule has 3 amide bonds. The van der Waals surface area contributed by atoms with Crippen molar-refractivity contribution in [2.75, 3.05) is 19.6 Å². The van der Waals surface area contributed by atoms with Gasteiger partial charge in [-0.15, -0.1) is 0 Å². The Labute approximate surface area is 158 Å². The summed E-state index contributed by atoms with van der Waals surface area (Å²) in [6.07, 6.45) is -1.37. The van der Waals surface area contributed by atoms with Gasteiger partial charge in [-0.25, -0.2) is 17.9 Å². The first-order chi connectivity index (χ1) is 12.6. The molecule has 1 aromatic rings. The molecule has 1 aromatic carbocycles. The molecule has 0 aromatic heterocycles. The van der Waals surface area contributed by atoms with Gasteiger partial charge in [-0.05, 0) is 38.0 Å². The fraction of sp³-hybridized carbons (Fsp3) is 0.471. The van der Waals surface area contributed by atoms with Crippen LogP contribution in [0.5, 0.6) is 0 Å². The minimum absolute atomic E-state index is 0.152. The Morgan fingerprint density at radius 2 is 2.04 bits per heavy atom. The molecule has 0 bridgehead atoms. The largest absolute Gasteiger partial charge is 0.452 e. The zero-order valence-electron chi connectivity index (χ0n) is 15.4. The maximum absolute atomic E-state index is 12.4. The number of nitrogens with zero attached hydrogens (tertiary/aromatic N) is 1. The highest BCUT2D eigenvalue weighted by Crippen LogP contribution is 2.16. The van der Waals surface area contributed by atoms with Crippen LogP contribution in [-0.4, -0.2) is 57.0 Å². The molecule has 0 radical (unpaired) electrons. The summed E-state index contributed by atoms with van der Waals surface area (Å²) in [5.74, 6) is -1.35. The first-order valence-electron chi connectivity index (χ1n) is 8.47. The van der Waals surface area contributed by atoms with Crippen LogP contribution in [0.4, 0.5) is 4.79 Å². The second-order valence-corrected chi connectivity index (χ2v) is 8.01. The summed E-state index contributed by atoms with van der Waals surface area (Å²) in [4.78, 5) is 36.5. The van der Waals surface area contributed by atoms with Crippen molar-refractivity contribution in [1.82, 2.24) is 14.9 Å². The van der Waals surface area contributed by atoms with Gasteiger partial charge in [-0.3, -0.25) is 14.5 Å². The van der Waals surface area contributed by atoms with E-state index in [1.807, 2.05) is 6.07 Å². The highest BCUT2D eigenvalue weighted by molar-refractivity contribution is 7.89. The van der Waals surface area contributed by atoms with Gasteiger partial charge in [0.1, 0.15) is 0 Å². The summed E-state index contributed by atoms with van der Waals surface area (Å²) in [5, 5.41) is 2.48. The quantitative estimate of drug-likeness (QED) is 0.645. The van der Waals surface area contributed by atoms with E-state index in [4.69, 9.17) is 4.74 Å². The lowest BCUT2D eigenvalue weighted by Gasteiger charge is -2.18. The lowest BCUT2D eigenvalue weighted by molar-refractivity contribution is -0.157. The Morgan fingerprint density at radius 3 is 2.67 bits per heavy atom. The molecule has 2 N–H and O–H groups in total. The van der Waals surface area contributed by atoms with Crippen LogP contribution in [0.3, 0.4) is 0 Å². The summed E-state index contributed by atoms with van der Waals surface area (Å²) in [7, 11) is -3.76. The van der Waals surface area contributed by atoms with Gasteiger partial charge in [0, 0.05) is 19.6 Å². The third-order valence-corrected chi connectivity index (χ3v) is 5.64. The molecule has 0 spiro atoms. The summed E-state index contributed by atoms with van der Waals surface area (Å²) >= 11 is 0. The molecular weight excluding hydrogens is 374 g/mol. The predicted molar refractivity (Wildman–Crippen MR) is 96.4 cm³/mol. The summed E-state index contributed by atoms with van der Waals surface area (Å²) in [6, 6.07) is 4.55. The molecule has 10 heteroatoms. The van der Waals surface area contributed by atoms with Crippen molar-refractivity contribution < 1.29 is 27.5 Å². The number of esters is 1. The normalized spacial score (nSPS) is 15.4. The molecule has 1 aliphatic rings. The number of rotatable bonds is 7. The number of hydrogen-bond acceptors (Lipinski definition) is 6. The number of carbonyl (C=O) groups is 3. The van der Waals surface area contributed by atoms with Gasteiger partial charge in [0.05, 0.1) is 11.3 Å². The third kappa shape index (κ3) is 5.27. The number of hydrogen-bond donors (Lipinski definition) is 2. The van der Waals surface area contributed by atoms with E-state index in [-0.39, 0.29) is 24.4 Å². The molecular formula is C17H23N3O6S. The number of sulfonamides is 1. The molecule has 0 aliphatic carbocycles. The minimum atomic E-state index is -3.76. The van der Waals surface area contributed by atoms with Crippen LogP contribution in [0.2, 0.25) is 0 Å². The van der Waals surface area contributed by atoms with Crippen LogP contribution in [0.1, 0.15) is 24.5 Å². The second-order valence-electron chi connectivity index (χ2n) is 6.27. The minimum Gasteiger partial charge on any atom is -0.452 e. The van der Waals surface area contributed by atoms with Gasteiger partial charge >= 0.3 is 12.0 Å². The van der Waals surface area contributed by atoms with Gasteiger partial charge < -0.3 is 10.1 Å². The number of carbonyl (C=O) groups excluding carboxylic acids is 3. The zero-order chi connectivity index (χ0) is 20.2. The Hall–Kier alpha value is -2.46. The summed E-state index contributed by atoms with van der Waals surface area (Å²) in [5.41, 5.74) is 1.40. The number of benzene rings is 1. The zero-order valence-corrected chi connectivity index (χ0v) is 16.3. The summed E-state index contributed by atoms with van der Waals surface area (Å²) < 4.78 is 32.1. The van der Waals surface area contributed by atoms with E-state index < -0.39 is 34.0 Å². The second kappa shape index (κ2) is 8.49. The van der Waals surface area contributed by atoms with Crippen LogP contribution >= 0.6 is 0 Å². The molecule has 1 heterocycles. The van der Waals surface area contributed by atoms with Crippen LogP contribution < -0.4 is 10.0 Å². The fourth-order valence-electron chi connectivity index (χ4n) is 2.57. The smallest absolute Gasteiger partial charge is 0.324 e. The number of imide groups is 1. The Kier molecular flexibility index (Phi) is 6.55. The maximum Gasteiger partial charge on any atom is 0.324 e. The van der Waals surface area contributed by atoms with Crippen molar-refractivity contribution in [3.05, 3.63) is 29.3 Å². The van der Waals surface area contributed by atoms with E-state index in [0.29, 0.717) is 12.1 Å². The number of ether oxygens (including phenoxy) is 1. The number of amides is 3. The molecule has 27 heavy (non-hydrogen) atoms. The van der Waals surface area contributed by atoms with Crippen LogP contribution in [0.25, 0.3) is 0 Å². The number of nitrogens with one attached hydrogen (secondary N) is 2. The molecule has 1 aliphatic heterocycles. The molecule has 148 valence electrons. The van der Waals surface area contributed by atoms with Crippen molar-refractivity contribution in [2.24, 2.45) is 0 Å². The van der Waals surface area contributed by atoms with Crippen LogP contribution in [0.15, 0.2) is 23.1 Å². The predicted octanol–water partition coefficient (Wildman–Crippen LogP) is 0.455. The van der Waals surface area contributed by atoms with Crippen molar-refractivity contribution in [3.63, 3.8) is 0 Å². The highest BCUT2D eigenvalue weighted by Gasteiger charge is 2.31. The van der Waals surface area contributed by atoms with Gasteiger partial charge in [0.15, 0.2) is 6.10 Å². The topological polar surface area (TPSA) is 122 Å². The molecule has 2 rings (SSSR count). The van der Waals surface area contributed by atoms with Crippen molar-refractivity contribution in [3.8, 4) is 0 Å². The molecule has 1 atom stereocenters. The van der Waals surface area contributed by atoms with Crippen LogP contribution in [-0.2, 0) is 24.3 Å². The molecule has 9 nitrogen and oxygen atoms in total. The van der Waals surface area contributed by atoms with E-state index >= 15 is 0 Å². The van der Waals surface area contributed by atoms with Crippen molar-refractivity contribution >= 4 is 27.9 Å². The molecule has 0 saturated carbocycles. The average molecular weight is 397 g/mol. The Bertz CT molecular complexity index is 852. The molecule has 0 unspecified atom stereocenters. The Balaban J connectivity index is 1.85. The van der Waals surface area contributed by atoms with Gasteiger partial charge in [-0.2, -0.15) is 0 Å². The Morgan fingerprint density at radius 1 is 1.33 bits per heavy atom. The molecule has 1 saturated heterocycles. The lowest BCUT2D eigenvalue weighted by Crippen LogP contribution is -2.42. The number of aryl methyl sites for hydroxylation is 2. The lowest BCUT2D eigenvalue weighted by atomic mass is 10.2. The fourth-order valence-corrected chi connectivity index (χ4v) is 3.93. The standard InChI is InChI=1S/C17H23N3O6S/c1-11-4-5-12(2)14(10-11)27(24,25)19-7-6-15(21)26-13(3)16(22)20-9-8-18-17(20)23/h4-5,10,13,19H,6-9H2,1-3H3,(H,18,23)/t13-/m0/s1. The highest BCUT2D eigenvalue weighted by atomic mass is 32.2. The van der Waals surface area contributed by atoms with E-state index in [0.717, 1.165) is 10.5 Å². The monoisotopic (exact) mass is 397 g/mol. The van der Waals surface area contributed by atoms with Gasteiger partial charge in [0.25, 0.3) is 5.91 Å². The third-order valence-electron chi connectivity index (χ3n) is 4.03. The van der Waals surface area contributed by atoms with Crippen molar-refractivity contribution in [2.45, 2.75) is 38.2 Å². The van der Waals surface area contributed by atoms with Gasteiger partial charge in [-0.1, -0.05) is 12.1 Å². The number of urea groups is 1. The van der Waals surface area contributed by atoms with Gasteiger partial charge in [0.2, 0.25) is 10.0 Å². The van der Waals surface area contributed by atoms with E-state index in [1.54, 1.807) is 26.0 Å². The van der Waals surface area contributed by atoms with Crippen molar-refractivity contribution in [1.29, 1.82) is 0 Å². The first kappa shape index (κ1) is 20.8. The summed E-state index contributed by atoms with van der Waals surface area (Å²) in [6.45, 7) is 5.24.